The fraction of sp³-hybridized carbons (Fsp3) is 0.241. The molecule has 0 aliphatic rings. The summed E-state index contributed by atoms with van der Waals surface area (Å²) in [5, 5.41) is 2.79. The molecule has 0 unspecified atom stereocenters. The molecule has 1 N–H and O–H groups in total. The highest BCUT2D eigenvalue weighted by Gasteiger charge is 2.12. The van der Waals surface area contributed by atoms with Crippen molar-refractivity contribution in [2.24, 2.45) is 0 Å². The number of benzene rings is 3. The number of anilines is 1. The third-order valence-corrected chi connectivity index (χ3v) is 5.86. The van der Waals surface area contributed by atoms with E-state index in [1.807, 2.05) is 36.4 Å². The molecule has 0 saturated carbocycles. The number of unbranched alkanes of at least 4 members (excludes halogenated alkanes) is 2. The molecule has 0 aromatic heterocycles. The minimum absolute atomic E-state index is 0.301. The SMILES string of the molecule is CCCCCOC(=O)c1ccc(NC(=O)/C=C/c2cc(Br)c(OCc3ccccc3)c(OC)c2)cc1. The first-order valence-corrected chi connectivity index (χ1v) is 12.6. The molecule has 0 bridgehead atoms. The number of hydrogen-bond donors (Lipinski definition) is 1. The second-order valence-electron chi connectivity index (χ2n) is 8.05. The Bertz CT molecular complexity index is 1180. The third-order valence-electron chi connectivity index (χ3n) is 5.27. The molecule has 6 nitrogen and oxygen atoms in total. The molecule has 3 aromatic carbocycles. The van der Waals surface area contributed by atoms with Crippen LogP contribution in [0.3, 0.4) is 0 Å². The first kappa shape index (κ1) is 27.0. The zero-order chi connectivity index (χ0) is 25.8. The number of amides is 1. The largest absolute Gasteiger partial charge is 0.493 e. The van der Waals surface area contributed by atoms with Gasteiger partial charge in [-0.15, -0.1) is 0 Å². The van der Waals surface area contributed by atoms with Gasteiger partial charge in [0.15, 0.2) is 11.5 Å². The molecule has 3 aromatic rings. The second kappa shape index (κ2) is 14.1. The molecule has 0 fully saturated rings. The summed E-state index contributed by atoms with van der Waals surface area (Å²) in [6.45, 7) is 2.92. The van der Waals surface area contributed by atoms with Gasteiger partial charge < -0.3 is 19.5 Å². The zero-order valence-electron chi connectivity index (χ0n) is 20.5. The minimum Gasteiger partial charge on any atom is -0.493 e. The van der Waals surface area contributed by atoms with Gasteiger partial charge in [-0.05, 0) is 76.0 Å². The van der Waals surface area contributed by atoms with Gasteiger partial charge in [0, 0.05) is 11.8 Å². The Kier molecular flexibility index (Phi) is 10.6. The Balaban J connectivity index is 1.57. The van der Waals surface area contributed by atoms with E-state index >= 15 is 0 Å². The van der Waals surface area contributed by atoms with Gasteiger partial charge in [0.2, 0.25) is 5.91 Å². The van der Waals surface area contributed by atoms with Crippen LogP contribution >= 0.6 is 15.9 Å². The number of nitrogens with one attached hydrogen (secondary N) is 1. The molecule has 3 rings (SSSR count). The normalized spacial score (nSPS) is 10.8. The topological polar surface area (TPSA) is 73.9 Å². The van der Waals surface area contributed by atoms with Crippen LogP contribution in [0, 0.1) is 0 Å². The predicted molar refractivity (Wildman–Crippen MR) is 145 cm³/mol. The van der Waals surface area contributed by atoms with Crippen LogP contribution in [-0.4, -0.2) is 25.6 Å². The molecule has 0 heterocycles. The molecule has 0 radical (unpaired) electrons. The quantitative estimate of drug-likeness (QED) is 0.148. The van der Waals surface area contributed by atoms with Crippen LogP contribution in [0.2, 0.25) is 0 Å². The lowest BCUT2D eigenvalue weighted by atomic mass is 10.1. The van der Waals surface area contributed by atoms with E-state index in [-0.39, 0.29) is 11.9 Å². The van der Waals surface area contributed by atoms with Crippen molar-refractivity contribution in [3.8, 4) is 11.5 Å². The van der Waals surface area contributed by atoms with Gasteiger partial charge in [-0.25, -0.2) is 4.79 Å². The number of ether oxygens (including phenoxy) is 3. The minimum atomic E-state index is -0.361. The summed E-state index contributed by atoms with van der Waals surface area (Å²) < 4.78 is 17.4. The van der Waals surface area contributed by atoms with E-state index in [0.717, 1.165) is 34.9 Å². The number of halogens is 1. The molecular weight excluding hydrogens is 522 g/mol. The first-order chi connectivity index (χ1) is 17.5. The van der Waals surface area contributed by atoms with E-state index in [2.05, 4.69) is 28.2 Å². The number of esters is 1. The van der Waals surface area contributed by atoms with E-state index in [4.69, 9.17) is 14.2 Å². The zero-order valence-corrected chi connectivity index (χ0v) is 22.0. The summed E-state index contributed by atoms with van der Waals surface area (Å²) in [5.74, 6) is 0.480. The molecule has 7 heteroatoms. The Morgan fingerprint density at radius 1 is 1.00 bits per heavy atom. The third kappa shape index (κ3) is 8.27. The van der Waals surface area contributed by atoms with Gasteiger partial charge in [0.25, 0.3) is 0 Å². The highest BCUT2D eigenvalue weighted by Crippen LogP contribution is 2.37. The van der Waals surface area contributed by atoms with E-state index in [1.165, 1.54) is 6.08 Å². The van der Waals surface area contributed by atoms with Crippen molar-refractivity contribution in [2.75, 3.05) is 19.0 Å². The maximum atomic E-state index is 12.4. The number of carbonyl (C=O) groups excluding carboxylic acids is 2. The maximum Gasteiger partial charge on any atom is 0.338 e. The van der Waals surface area contributed by atoms with Crippen molar-refractivity contribution in [3.63, 3.8) is 0 Å². The van der Waals surface area contributed by atoms with E-state index in [1.54, 1.807) is 43.5 Å². The Morgan fingerprint density at radius 3 is 2.44 bits per heavy atom. The van der Waals surface area contributed by atoms with Gasteiger partial charge in [-0.1, -0.05) is 50.1 Å². The van der Waals surface area contributed by atoms with Crippen LogP contribution in [0.15, 0.2) is 77.3 Å². The molecule has 0 aliphatic carbocycles. The van der Waals surface area contributed by atoms with Crippen molar-refractivity contribution < 1.29 is 23.8 Å². The van der Waals surface area contributed by atoms with Crippen LogP contribution in [0.1, 0.15) is 47.7 Å². The highest BCUT2D eigenvalue weighted by molar-refractivity contribution is 9.10. The second-order valence-corrected chi connectivity index (χ2v) is 8.91. The van der Waals surface area contributed by atoms with Crippen LogP contribution in [0.25, 0.3) is 6.08 Å². The van der Waals surface area contributed by atoms with Crippen molar-refractivity contribution >= 4 is 39.6 Å². The van der Waals surface area contributed by atoms with Gasteiger partial charge in [0.05, 0.1) is 23.8 Å². The molecule has 0 atom stereocenters. The average Bonchev–Trinajstić information content (AvgIpc) is 2.90. The molecule has 0 aliphatic heterocycles. The summed E-state index contributed by atoms with van der Waals surface area (Å²) in [6.07, 6.45) is 6.07. The fourth-order valence-corrected chi connectivity index (χ4v) is 3.93. The summed E-state index contributed by atoms with van der Waals surface area (Å²) >= 11 is 3.54. The van der Waals surface area contributed by atoms with Crippen LogP contribution in [0.4, 0.5) is 5.69 Å². The lowest BCUT2D eigenvalue weighted by molar-refractivity contribution is -0.111. The number of carbonyl (C=O) groups is 2. The van der Waals surface area contributed by atoms with E-state index < -0.39 is 0 Å². The monoisotopic (exact) mass is 551 g/mol. The van der Waals surface area contributed by atoms with Crippen LogP contribution < -0.4 is 14.8 Å². The standard InChI is InChI=1S/C29H30BrNO5/c1-3-4-8-17-35-29(33)23-12-14-24(15-13-23)31-27(32)16-11-22-18-25(30)28(26(19-22)34-2)36-20-21-9-6-5-7-10-21/h5-7,9-16,18-19H,3-4,8,17,20H2,1-2H3,(H,31,32)/b16-11+. The Morgan fingerprint density at radius 2 is 1.75 bits per heavy atom. The molecule has 0 saturated heterocycles. The number of methoxy groups -OCH3 is 1. The van der Waals surface area contributed by atoms with E-state index in [0.29, 0.717) is 36.0 Å². The molecule has 1 amide bonds. The van der Waals surface area contributed by atoms with Crippen molar-refractivity contribution in [3.05, 3.63) is 94.0 Å². The molecular formula is C29H30BrNO5. The van der Waals surface area contributed by atoms with E-state index in [9.17, 15) is 9.59 Å². The summed E-state index contributed by atoms with van der Waals surface area (Å²) in [7, 11) is 1.57. The molecule has 36 heavy (non-hydrogen) atoms. The Labute approximate surface area is 220 Å². The van der Waals surface area contributed by atoms with Crippen LogP contribution in [-0.2, 0) is 16.1 Å². The number of hydrogen-bond acceptors (Lipinski definition) is 5. The van der Waals surface area contributed by atoms with Crippen molar-refractivity contribution in [1.29, 1.82) is 0 Å². The first-order valence-electron chi connectivity index (χ1n) is 11.8. The summed E-state index contributed by atoms with van der Waals surface area (Å²) in [5.41, 5.74) is 2.84. The van der Waals surface area contributed by atoms with Gasteiger partial charge in [0.1, 0.15) is 6.61 Å². The smallest absolute Gasteiger partial charge is 0.338 e. The van der Waals surface area contributed by atoms with Gasteiger partial charge >= 0.3 is 5.97 Å². The fourth-order valence-electron chi connectivity index (χ4n) is 3.35. The van der Waals surface area contributed by atoms with Crippen molar-refractivity contribution in [2.45, 2.75) is 32.8 Å². The number of rotatable bonds is 12. The lowest BCUT2D eigenvalue weighted by Crippen LogP contribution is -2.09. The Hall–Kier alpha value is -3.58. The lowest BCUT2D eigenvalue weighted by Gasteiger charge is -2.13. The van der Waals surface area contributed by atoms with Gasteiger partial charge in [-0.3, -0.25) is 4.79 Å². The highest BCUT2D eigenvalue weighted by atomic mass is 79.9. The summed E-state index contributed by atoms with van der Waals surface area (Å²) in [4.78, 5) is 24.5. The van der Waals surface area contributed by atoms with Crippen LogP contribution in [0.5, 0.6) is 11.5 Å². The predicted octanol–water partition coefficient (Wildman–Crippen LogP) is 7.04. The van der Waals surface area contributed by atoms with Gasteiger partial charge in [-0.2, -0.15) is 0 Å². The molecule has 188 valence electrons. The maximum absolute atomic E-state index is 12.4. The average molecular weight is 552 g/mol. The summed E-state index contributed by atoms with van der Waals surface area (Å²) in [6, 6.07) is 20.1. The molecule has 0 spiro atoms. The van der Waals surface area contributed by atoms with Crippen molar-refractivity contribution in [1.82, 2.24) is 0 Å².